The quantitative estimate of drug-likeness (QED) is 0.606. The van der Waals surface area contributed by atoms with Crippen LogP contribution < -0.4 is 5.32 Å². The van der Waals surface area contributed by atoms with Crippen molar-refractivity contribution in [1.29, 1.82) is 0 Å². The van der Waals surface area contributed by atoms with Gasteiger partial charge in [0, 0.05) is 31.3 Å². The first-order valence-electron chi connectivity index (χ1n) is 12.4. The van der Waals surface area contributed by atoms with Crippen LogP contribution in [-0.4, -0.2) is 76.6 Å². The second-order valence-electron chi connectivity index (χ2n) is 9.52. The van der Waals surface area contributed by atoms with Crippen LogP contribution in [0.3, 0.4) is 0 Å². The molecule has 1 aromatic rings. The number of amides is 3. The maximum atomic E-state index is 13.6. The van der Waals surface area contributed by atoms with E-state index in [0.717, 1.165) is 38.5 Å². The number of aliphatic carboxylic acids is 1. The van der Waals surface area contributed by atoms with Gasteiger partial charge in [0.15, 0.2) is 6.17 Å². The van der Waals surface area contributed by atoms with Crippen LogP contribution in [0.2, 0.25) is 0 Å². The lowest BCUT2D eigenvalue weighted by molar-refractivity contribution is -0.149. The molecular formula is C25H32FN3O6. The van der Waals surface area contributed by atoms with Gasteiger partial charge >= 0.3 is 5.97 Å². The summed E-state index contributed by atoms with van der Waals surface area (Å²) in [6.45, 7) is 0.734. The highest BCUT2D eigenvalue weighted by molar-refractivity contribution is 5.99. The molecule has 0 spiro atoms. The lowest BCUT2D eigenvalue weighted by Crippen LogP contribution is -2.58. The van der Waals surface area contributed by atoms with E-state index in [1.807, 2.05) is 0 Å². The molecule has 190 valence electrons. The van der Waals surface area contributed by atoms with Gasteiger partial charge in [0.05, 0.1) is 6.42 Å². The highest BCUT2D eigenvalue weighted by Gasteiger charge is 2.46. The number of rotatable bonds is 7. The molecule has 1 saturated carbocycles. The normalized spacial score (nSPS) is 23.8. The van der Waals surface area contributed by atoms with E-state index in [9.17, 15) is 28.7 Å². The molecule has 2 heterocycles. The molecule has 1 aromatic carbocycles. The third-order valence-corrected chi connectivity index (χ3v) is 7.19. The SMILES string of the molecule is O=C(O)CC(NC(=O)C1N(C(=O)c2ccc(F)cc2)CCN1C(=O)C1CCCO1)C1CCCCC1. The molecule has 2 aliphatic heterocycles. The summed E-state index contributed by atoms with van der Waals surface area (Å²) in [7, 11) is 0. The number of nitrogens with zero attached hydrogens (tertiary/aromatic N) is 2. The van der Waals surface area contributed by atoms with Crippen LogP contribution in [0.15, 0.2) is 24.3 Å². The third kappa shape index (κ3) is 5.80. The number of nitrogens with one attached hydrogen (secondary N) is 1. The van der Waals surface area contributed by atoms with E-state index in [1.54, 1.807) is 0 Å². The molecule has 3 aliphatic rings. The topological polar surface area (TPSA) is 116 Å². The molecule has 0 aromatic heterocycles. The number of hydrogen-bond acceptors (Lipinski definition) is 5. The molecule has 2 N–H and O–H groups in total. The Morgan fingerprint density at radius 1 is 1.00 bits per heavy atom. The Hall–Kier alpha value is -3.01. The first kappa shape index (κ1) is 25.1. The molecule has 4 rings (SSSR count). The Balaban J connectivity index is 1.58. The van der Waals surface area contributed by atoms with Crippen molar-refractivity contribution in [3.63, 3.8) is 0 Å². The largest absolute Gasteiger partial charge is 0.481 e. The zero-order valence-electron chi connectivity index (χ0n) is 19.7. The van der Waals surface area contributed by atoms with Crippen molar-refractivity contribution < 1.29 is 33.4 Å². The van der Waals surface area contributed by atoms with E-state index in [2.05, 4.69) is 5.32 Å². The lowest BCUT2D eigenvalue weighted by atomic mass is 9.82. The van der Waals surface area contributed by atoms with Crippen molar-refractivity contribution in [2.45, 2.75) is 69.7 Å². The molecule has 3 fully saturated rings. The van der Waals surface area contributed by atoms with E-state index in [1.165, 1.54) is 34.1 Å². The summed E-state index contributed by atoms with van der Waals surface area (Å²) in [4.78, 5) is 54.3. The summed E-state index contributed by atoms with van der Waals surface area (Å²) in [5.74, 6) is -2.92. The van der Waals surface area contributed by atoms with Gasteiger partial charge < -0.3 is 25.0 Å². The zero-order chi connectivity index (χ0) is 24.9. The fourth-order valence-corrected chi connectivity index (χ4v) is 5.39. The van der Waals surface area contributed by atoms with Gasteiger partial charge in [-0.25, -0.2) is 4.39 Å². The van der Waals surface area contributed by atoms with Gasteiger partial charge in [0.2, 0.25) is 0 Å². The number of hydrogen-bond donors (Lipinski definition) is 2. The minimum Gasteiger partial charge on any atom is -0.481 e. The van der Waals surface area contributed by atoms with E-state index in [0.29, 0.717) is 13.0 Å². The molecule has 3 atom stereocenters. The molecule has 1 aliphatic carbocycles. The van der Waals surface area contributed by atoms with Crippen LogP contribution in [0.25, 0.3) is 0 Å². The summed E-state index contributed by atoms with van der Waals surface area (Å²) >= 11 is 0. The third-order valence-electron chi connectivity index (χ3n) is 7.19. The average Bonchev–Trinajstić information content (AvgIpc) is 3.54. The minimum atomic E-state index is -1.23. The molecule has 10 heteroatoms. The van der Waals surface area contributed by atoms with Gasteiger partial charge in [-0.05, 0) is 55.9 Å². The van der Waals surface area contributed by atoms with Gasteiger partial charge in [0.1, 0.15) is 11.9 Å². The van der Waals surface area contributed by atoms with Crippen LogP contribution in [0.5, 0.6) is 0 Å². The molecule has 3 unspecified atom stereocenters. The van der Waals surface area contributed by atoms with Crippen LogP contribution in [0.1, 0.15) is 61.7 Å². The number of ether oxygens (including phenoxy) is 1. The van der Waals surface area contributed by atoms with Crippen LogP contribution >= 0.6 is 0 Å². The smallest absolute Gasteiger partial charge is 0.305 e. The number of carbonyl (C=O) groups excluding carboxylic acids is 3. The van der Waals surface area contributed by atoms with Crippen molar-refractivity contribution in [2.75, 3.05) is 19.7 Å². The summed E-state index contributed by atoms with van der Waals surface area (Å²) in [5, 5.41) is 12.3. The van der Waals surface area contributed by atoms with Crippen molar-refractivity contribution in [1.82, 2.24) is 15.1 Å². The van der Waals surface area contributed by atoms with Crippen molar-refractivity contribution in [3.05, 3.63) is 35.6 Å². The predicted molar refractivity (Wildman–Crippen MR) is 123 cm³/mol. The van der Waals surface area contributed by atoms with Gasteiger partial charge in [-0.2, -0.15) is 0 Å². The van der Waals surface area contributed by atoms with Gasteiger partial charge in [-0.1, -0.05) is 19.3 Å². The molecule has 0 radical (unpaired) electrons. The molecule has 9 nitrogen and oxygen atoms in total. The Kier molecular flexibility index (Phi) is 8.00. The Morgan fingerprint density at radius 2 is 1.69 bits per heavy atom. The van der Waals surface area contributed by atoms with Gasteiger partial charge in [0.25, 0.3) is 17.7 Å². The van der Waals surface area contributed by atoms with Crippen LogP contribution in [-0.2, 0) is 19.1 Å². The molecular weight excluding hydrogens is 457 g/mol. The maximum absolute atomic E-state index is 13.6. The first-order chi connectivity index (χ1) is 16.8. The summed E-state index contributed by atoms with van der Waals surface area (Å²) in [6, 6.07) is 4.42. The molecule has 0 bridgehead atoms. The second-order valence-corrected chi connectivity index (χ2v) is 9.52. The number of benzene rings is 1. The second kappa shape index (κ2) is 11.2. The van der Waals surface area contributed by atoms with E-state index in [4.69, 9.17) is 4.74 Å². The van der Waals surface area contributed by atoms with Crippen LogP contribution in [0, 0.1) is 11.7 Å². The fraction of sp³-hybridized carbons (Fsp3) is 0.600. The van der Waals surface area contributed by atoms with Crippen molar-refractivity contribution in [3.8, 4) is 0 Å². The molecule has 2 saturated heterocycles. The Bertz CT molecular complexity index is 943. The minimum absolute atomic E-state index is 0.0220. The number of carbonyl (C=O) groups is 4. The monoisotopic (exact) mass is 489 g/mol. The summed E-state index contributed by atoms with van der Waals surface area (Å²) in [5.41, 5.74) is 0.199. The standard InChI is InChI=1S/C25H32FN3O6/c26-18-10-8-17(9-11-18)24(33)28-12-13-29(25(34)20-7-4-14-35-20)23(28)22(32)27-19(15-21(30)31)16-5-2-1-3-6-16/h8-11,16,19-20,23H,1-7,12-15H2,(H,27,32)(H,30,31). The van der Waals surface area contributed by atoms with Crippen LogP contribution in [0.4, 0.5) is 4.39 Å². The van der Waals surface area contributed by atoms with E-state index < -0.39 is 41.9 Å². The average molecular weight is 490 g/mol. The van der Waals surface area contributed by atoms with Gasteiger partial charge in [-0.15, -0.1) is 0 Å². The number of halogens is 1. The van der Waals surface area contributed by atoms with E-state index >= 15 is 0 Å². The van der Waals surface area contributed by atoms with Crippen molar-refractivity contribution >= 4 is 23.7 Å². The Labute approximate surface area is 203 Å². The molecule has 35 heavy (non-hydrogen) atoms. The Morgan fingerprint density at radius 3 is 2.31 bits per heavy atom. The zero-order valence-corrected chi connectivity index (χ0v) is 19.7. The lowest BCUT2D eigenvalue weighted by Gasteiger charge is -2.34. The number of carboxylic acids is 1. The highest BCUT2D eigenvalue weighted by Crippen LogP contribution is 2.29. The number of carboxylic acid groups (broad SMARTS) is 1. The summed E-state index contributed by atoms with van der Waals surface area (Å²) < 4.78 is 18.9. The maximum Gasteiger partial charge on any atom is 0.305 e. The first-order valence-corrected chi connectivity index (χ1v) is 12.4. The predicted octanol–water partition coefficient (Wildman–Crippen LogP) is 2.16. The summed E-state index contributed by atoms with van der Waals surface area (Å²) in [6.07, 6.45) is 3.81. The van der Waals surface area contributed by atoms with Crippen molar-refractivity contribution in [2.24, 2.45) is 5.92 Å². The van der Waals surface area contributed by atoms with E-state index in [-0.39, 0.29) is 36.9 Å². The fourth-order valence-electron chi connectivity index (χ4n) is 5.39. The van der Waals surface area contributed by atoms with Gasteiger partial charge in [-0.3, -0.25) is 19.2 Å². The highest BCUT2D eigenvalue weighted by atomic mass is 19.1. The molecule has 3 amide bonds.